The topological polar surface area (TPSA) is 43.0 Å². The molecule has 236 valence electrons. The van der Waals surface area contributed by atoms with Gasteiger partial charge in [-0.05, 0) is 109 Å². The van der Waals surface area contributed by atoms with Gasteiger partial charge >= 0.3 is 0 Å². The molecular weight excluding hydrogens is 617 g/mol. The fourth-order valence-corrected chi connectivity index (χ4v) is 10.8. The minimum Gasteiger partial charge on any atom is -0.238 e. The highest BCUT2D eigenvalue weighted by molar-refractivity contribution is 7.25. The van der Waals surface area contributed by atoms with Crippen molar-refractivity contribution in [2.45, 2.75) is 43.9 Å². The maximum absolute atomic E-state index is 7.50. The summed E-state index contributed by atoms with van der Waals surface area (Å²) in [6.45, 7) is 7.50. The van der Waals surface area contributed by atoms with E-state index in [2.05, 4.69) is 65.5 Å². The lowest BCUT2D eigenvalue weighted by Crippen LogP contribution is -2.48. The molecule has 4 aliphatic rings. The highest BCUT2D eigenvalue weighted by atomic mass is 32.1. The van der Waals surface area contributed by atoms with Crippen LogP contribution < -0.4 is 0 Å². The number of hydrogen-bond acceptors (Lipinski definition) is 4. The zero-order valence-corrected chi connectivity index (χ0v) is 28.0. The van der Waals surface area contributed by atoms with Gasteiger partial charge in [0.2, 0.25) is 0 Å². The summed E-state index contributed by atoms with van der Waals surface area (Å²) in [5.74, 6) is 4.67. The number of fused-ring (bicyclic) bond motifs is 3. The molecule has 0 atom stereocenters. The van der Waals surface area contributed by atoms with E-state index in [1.54, 1.807) is 11.6 Å². The van der Waals surface area contributed by atoms with Crippen molar-refractivity contribution < 1.29 is 0 Å². The lowest BCUT2D eigenvalue weighted by atomic mass is 9.48. The highest BCUT2D eigenvalue weighted by Gasteiger charge is 2.51. The van der Waals surface area contributed by atoms with Crippen molar-refractivity contribution in [3.8, 4) is 45.3 Å². The normalized spacial score (nSPS) is 22.5. The Bertz CT molecular complexity index is 2400. The van der Waals surface area contributed by atoms with E-state index in [0.717, 1.165) is 34.4 Å². The minimum absolute atomic E-state index is 0.434. The van der Waals surface area contributed by atoms with E-state index < -0.39 is 0 Å². The highest BCUT2D eigenvalue weighted by Crippen LogP contribution is 2.60. The summed E-state index contributed by atoms with van der Waals surface area (Å²) in [7, 11) is 0. The summed E-state index contributed by atoms with van der Waals surface area (Å²) < 4.78 is 2.53. The van der Waals surface area contributed by atoms with Crippen LogP contribution in [-0.4, -0.2) is 15.0 Å². The summed E-state index contributed by atoms with van der Waals surface area (Å²) in [4.78, 5) is 18.4. The van der Waals surface area contributed by atoms with Gasteiger partial charge in [0.15, 0.2) is 23.2 Å². The van der Waals surface area contributed by atoms with Crippen molar-refractivity contribution >= 4 is 37.2 Å². The quantitative estimate of drug-likeness (QED) is 0.174. The molecule has 2 aromatic heterocycles. The van der Waals surface area contributed by atoms with Gasteiger partial charge in [-0.25, -0.2) is 19.8 Å². The molecule has 0 radical (unpaired) electrons. The average Bonchev–Trinajstić information content (AvgIpc) is 3.52. The Morgan fingerprint density at radius 1 is 0.531 bits per heavy atom. The second-order valence-electron chi connectivity index (χ2n) is 14.6. The van der Waals surface area contributed by atoms with Crippen LogP contribution in [0.15, 0.2) is 115 Å². The maximum atomic E-state index is 7.50. The summed E-state index contributed by atoms with van der Waals surface area (Å²) in [6.07, 6.45) is 8.67. The Hall–Kier alpha value is -5.18. The molecule has 0 N–H and O–H groups in total. The molecular formula is C44H34N4S. The number of aromatic nitrogens is 3. The Kier molecular flexibility index (Phi) is 6.57. The minimum atomic E-state index is 0.434. The zero-order chi connectivity index (χ0) is 32.5. The predicted molar refractivity (Wildman–Crippen MR) is 201 cm³/mol. The Morgan fingerprint density at radius 3 is 1.84 bits per heavy atom. The van der Waals surface area contributed by atoms with Crippen LogP contribution >= 0.6 is 11.3 Å². The largest absolute Gasteiger partial charge is 0.238 e. The van der Waals surface area contributed by atoms with Crippen molar-refractivity contribution in [3.63, 3.8) is 0 Å². The van der Waals surface area contributed by atoms with Gasteiger partial charge < -0.3 is 0 Å². The van der Waals surface area contributed by atoms with Gasteiger partial charge in [0.25, 0.3) is 0 Å². The van der Waals surface area contributed by atoms with Gasteiger partial charge in [0.05, 0.1) is 6.57 Å². The fraction of sp³-hybridized carbons (Fsp3) is 0.227. The third-order valence-electron chi connectivity index (χ3n) is 11.5. The Morgan fingerprint density at radius 2 is 1.14 bits per heavy atom. The molecule has 4 fully saturated rings. The van der Waals surface area contributed by atoms with Gasteiger partial charge in [-0.2, -0.15) is 0 Å². The first kappa shape index (κ1) is 28.8. The molecule has 0 saturated heterocycles. The average molecular weight is 651 g/mol. The van der Waals surface area contributed by atoms with Crippen LogP contribution in [-0.2, 0) is 5.41 Å². The number of rotatable bonds is 5. The van der Waals surface area contributed by atoms with Crippen LogP contribution in [0.1, 0.15) is 44.1 Å². The van der Waals surface area contributed by atoms with E-state index in [-0.39, 0.29) is 0 Å². The van der Waals surface area contributed by atoms with E-state index in [4.69, 9.17) is 21.5 Å². The summed E-state index contributed by atoms with van der Waals surface area (Å²) >= 11 is 1.84. The molecule has 0 aliphatic heterocycles. The lowest BCUT2D eigenvalue weighted by Gasteiger charge is -2.57. The molecule has 0 amide bonds. The third-order valence-corrected chi connectivity index (χ3v) is 12.6. The van der Waals surface area contributed by atoms with Gasteiger partial charge in [-0.15, -0.1) is 11.3 Å². The van der Waals surface area contributed by atoms with Crippen molar-refractivity contribution in [1.29, 1.82) is 0 Å². The van der Waals surface area contributed by atoms with Crippen molar-refractivity contribution in [3.05, 3.63) is 132 Å². The van der Waals surface area contributed by atoms with E-state index in [0.29, 0.717) is 28.6 Å². The fourth-order valence-electron chi connectivity index (χ4n) is 9.64. The molecule has 5 aromatic carbocycles. The summed E-state index contributed by atoms with van der Waals surface area (Å²) in [5.41, 5.74) is 7.81. The first-order chi connectivity index (χ1) is 24.1. The van der Waals surface area contributed by atoms with Crippen LogP contribution in [0.25, 0.3) is 70.3 Å². The van der Waals surface area contributed by atoms with Crippen LogP contribution in [0.2, 0.25) is 0 Å². The molecule has 0 spiro atoms. The van der Waals surface area contributed by atoms with Crippen LogP contribution in [0.4, 0.5) is 5.69 Å². The first-order valence-corrected chi connectivity index (χ1v) is 18.3. The van der Waals surface area contributed by atoms with Crippen LogP contribution in [0.3, 0.4) is 0 Å². The summed E-state index contributed by atoms with van der Waals surface area (Å²) in [6, 6.07) is 40.6. The first-order valence-electron chi connectivity index (χ1n) is 17.5. The molecule has 2 heterocycles. The Balaban J connectivity index is 1.01. The second kappa shape index (κ2) is 11.2. The predicted octanol–water partition coefficient (Wildman–Crippen LogP) is 11.9. The van der Waals surface area contributed by atoms with E-state index in [9.17, 15) is 0 Å². The summed E-state index contributed by atoms with van der Waals surface area (Å²) in [5, 5.41) is 2.46. The molecule has 4 bridgehead atoms. The Labute approximate surface area is 290 Å². The number of benzene rings is 5. The lowest BCUT2D eigenvalue weighted by molar-refractivity contribution is -0.00518. The van der Waals surface area contributed by atoms with Crippen molar-refractivity contribution in [1.82, 2.24) is 15.0 Å². The van der Waals surface area contributed by atoms with Gasteiger partial charge in [-0.3, -0.25) is 0 Å². The van der Waals surface area contributed by atoms with Crippen LogP contribution in [0.5, 0.6) is 0 Å². The third kappa shape index (κ3) is 4.97. The zero-order valence-electron chi connectivity index (χ0n) is 27.1. The number of hydrogen-bond donors (Lipinski definition) is 0. The molecule has 4 nitrogen and oxygen atoms in total. The van der Waals surface area contributed by atoms with E-state index >= 15 is 0 Å². The smallest absolute Gasteiger partial charge is 0.187 e. The number of nitrogens with zero attached hydrogens (tertiary/aromatic N) is 4. The monoisotopic (exact) mass is 650 g/mol. The molecule has 4 saturated carbocycles. The van der Waals surface area contributed by atoms with Crippen molar-refractivity contribution in [2.24, 2.45) is 17.8 Å². The van der Waals surface area contributed by atoms with Crippen molar-refractivity contribution in [2.75, 3.05) is 0 Å². The van der Waals surface area contributed by atoms with Gasteiger partial charge in [0, 0.05) is 36.9 Å². The van der Waals surface area contributed by atoms with E-state index in [1.165, 1.54) is 69.8 Å². The molecule has 5 heteroatoms. The van der Waals surface area contributed by atoms with Gasteiger partial charge in [0.1, 0.15) is 0 Å². The van der Waals surface area contributed by atoms with Gasteiger partial charge in [-0.1, -0.05) is 84.9 Å². The van der Waals surface area contributed by atoms with Crippen LogP contribution in [0, 0.1) is 24.3 Å². The number of thiophene rings is 1. The molecule has 0 unspecified atom stereocenters. The molecule has 7 aromatic rings. The second-order valence-corrected chi connectivity index (χ2v) is 15.7. The molecule has 11 rings (SSSR count). The SMILES string of the molecule is [C-]#[N+]c1cccc(-c2nc(-c3ccccc3)nc(-c3ccc4sc5cc(-c6ccc(C78CC9CC(CC(C9)C7)C8)cc6)ccc5c4c3)n2)c1. The molecule has 49 heavy (non-hydrogen) atoms. The maximum Gasteiger partial charge on any atom is 0.187 e. The van der Waals surface area contributed by atoms with E-state index in [1.807, 2.05) is 59.9 Å². The standard InChI is InChI=1S/C44H34N4S/c1-45-36-9-5-8-33(21-36)42-46-41(31-6-3-2-4-7-31)47-43(48-42)34-13-17-39-38(22-34)37-16-12-32(23-40(37)49-39)30-10-14-35(15-11-30)44-24-27-18-28(25-44)20-29(19-27)26-44/h2-17,21-23,27-29H,18-20,24-26H2. The molecule has 4 aliphatic carbocycles.